The summed E-state index contributed by atoms with van der Waals surface area (Å²) in [5.74, 6) is 0.289. The zero-order valence-electron chi connectivity index (χ0n) is 25.8. The normalized spacial score (nSPS) is 23.7. The van der Waals surface area contributed by atoms with Crippen LogP contribution in [0.5, 0.6) is 0 Å². The number of nitrogens with zero attached hydrogens (tertiary/aromatic N) is 5. The lowest BCUT2D eigenvalue weighted by Gasteiger charge is -2.50. The largest absolute Gasteiger partial charge is 0.416 e. The quantitative estimate of drug-likeness (QED) is 0.193. The van der Waals surface area contributed by atoms with Gasteiger partial charge in [-0.05, 0) is 73.2 Å². The highest BCUT2D eigenvalue weighted by Crippen LogP contribution is 2.57. The molecule has 2 bridgehead atoms. The van der Waals surface area contributed by atoms with Crippen LogP contribution in [0.25, 0.3) is 0 Å². The second-order valence-electron chi connectivity index (χ2n) is 13.1. The molecule has 2 aliphatic heterocycles. The van der Waals surface area contributed by atoms with Crippen molar-refractivity contribution < 1.29 is 36.2 Å². The molecule has 4 aromatic rings. The number of aliphatic hydroxyl groups is 1. The zero-order chi connectivity index (χ0) is 33.6. The number of halogens is 6. The molecule has 0 spiro atoms. The van der Waals surface area contributed by atoms with E-state index < -0.39 is 47.3 Å². The van der Waals surface area contributed by atoms with Gasteiger partial charge in [-0.2, -0.15) is 31.1 Å². The van der Waals surface area contributed by atoms with E-state index in [9.17, 15) is 31.4 Å². The number of alkyl halides is 6. The Labute approximate surface area is 268 Å². The molecule has 6 rings (SSSR count). The van der Waals surface area contributed by atoms with Gasteiger partial charge in [0.1, 0.15) is 0 Å². The highest BCUT2D eigenvalue weighted by atomic mass is 19.4. The molecule has 0 aliphatic carbocycles. The summed E-state index contributed by atoms with van der Waals surface area (Å²) in [6.45, 7) is 3.50. The van der Waals surface area contributed by atoms with Gasteiger partial charge >= 0.3 is 12.4 Å². The van der Waals surface area contributed by atoms with Gasteiger partial charge < -0.3 is 9.84 Å². The average Bonchev–Trinajstić information content (AvgIpc) is 3.54. The Bertz CT molecular complexity index is 1640. The second-order valence-corrected chi connectivity index (χ2v) is 13.1. The third kappa shape index (κ3) is 6.93. The molecule has 3 heterocycles. The van der Waals surface area contributed by atoms with E-state index in [1.165, 1.54) is 4.80 Å². The van der Waals surface area contributed by atoms with Crippen LogP contribution < -0.4 is 0 Å². The molecule has 47 heavy (non-hydrogen) atoms. The highest BCUT2D eigenvalue weighted by Gasteiger charge is 2.61. The van der Waals surface area contributed by atoms with Crippen molar-refractivity contribution in [2.24, 2.45) is 0 Å². The Morgan fingerprint density at radius 2 is 1.47 bits per heavy atom. The predicted octanol–water partition coefficient (Wildman–Crippen LogP) is 7.11. The number of piperidine rings is 1. The van der Waals surface area contributed by atoms with Crippen LogP contribution in [-0.2, 0) is 42.3 Å². The van der Waals surface area contributed by atoms with Crippen molar-refractivity contribution in [3.8, 4) is 0 Å². The molecule has 1 aromatic heterocycles. The van der Waals surface area contributed by atoms with E-state index in [-0.39, 0.29) is 30.1 Å². The summed E-state index contributed by atoms with van der Waals surface area (Å²) in [6.07, 6.45) is -8.91. The maximum atomic E-state index is 13.6. The Hall–Kier alpha value is -3.81. The number of ether oxygens (including phenoxy) is 1. The second kappa shape index (κ2) is 12.3. The van der Waals surface area contributed by atoms with E-state index in [0.717, 1.165) is 23.3 Å². The molecular formula is C34H35F6N5O2. The van der Waals surface area contributed by atoms with Crippen LogP contribution in [0.1, 0.15) is 72.7 Å². The topological polar surface area (TPSA) is 76.3 Å². The number of benzene rings is 3. The number of aromatic nitrogens is 4. The summed E-state index contributed by atoms with van der Waals surface area (Å²) in [5, 5.41) is 23.5. The monoisotopic (exact) mass is 659 g/mol. The summed E-state index contributed by atoms with van der Waals surface area (Å²) < 4.78 is 88.3. The van der Waals surface area contributed by atoms with E-state index in [4.69, 9.17) is 4.74 Å². The van der Waals surface area contributed by atoms with Crippen LogP contribution in [0, 0.1) is 0 Å². The molecule has 0 radical (unpaired) electrons. The molecule has 13 heteroatoms. The summed E-state index contributed by atoms with van der Waals surface area (Å²) in [4.78, 5) is 3.70. The fraction of sp³-hybridized carbons (Fsp3) is 0.441. The van der Waals surface area contributed by atoms with Crippen molar-refractivity contribution in [2.45, 2.75) is 94.4 Å². The van der Waals surface area contributed by atoms with E-state index >= 15 is 0 Å². The van der Waals surface area contributed by atoms with Gasteiger partial charge in [-0.15, -0.1) is 10.2 Å². The maximum absolute atomic E-state index is 13.6. The van der Waals surface area contributed by atoms with Gasteiger partial charge in [0.2, 0.25) is 0 Å². The Morgan fingerprint density at radius 1 is 0.851 bits per heavy atom. The highest BCUT2D eigenvalue weighted by molar-refractivity contribution is 5.35. The molecule has 0 unspecified atom stereocenters. The number of rotatable bonds is 9. The van der Waals surface area contributed by atoms with Crippen molar-refractivity contribution >= 4 is 0 Å². The van der Waals surface area contributed by atoms with Gasteiger partial charge in [0, 0.05) is 18.5 Å². The van der Waals surface area contributed by atoms with Crippen LogP contribution in [0.3, 0.4) is 0 Å². The van der Waals surface area contributed by atoms with E-state index in [1.807, 2.05) is 60.7 Å². The minimum atomic E-state index is -4.96. The SMILES string of the molecule is CC(C)(O)Cn1nnc([C@@H]2C[C@@]3(c4ccccc4)[C@H](OCc4cc(C(F)(F)F)cc(C(F)(F)F)c4)CC[C@@H]2N3Cc2ccccc2)n1. The standard InChI is InChI=1S/C34H35F6N5O2/c1-31(2,46)21-45-42-30(41-43-45)27-18-32(24-11-7-4-8-12-24)29(14-13-28(27)44(32)19-22-9-5-3-6-10-22)47-20-23-15-25(33(35,36)37)17-26(16-23)34(38,39)40/h3-12,15-17,27-29,46H,13-14,18-21H2,1-2H3/t27-,28+,29-,32-/m1/s1. The van der Waals surface area contributed by atoms with Crippen molar-refractivity contribution in [1.82, 2.24) is 25.1 Å². The molecule has 2 saturated heterocycles. The first-order valence-electron chi connectivity index (χ1n) is 15.4. The van der Waals surface area contributed by atoms with Gasteiger partial charge in [0.25, 0.3) is 0 Å². The van der Waals surface area contributed by atoms with Crippen LogP contribution in [-0.4, -0.2) is 48.0 Å². The molecule has 0 saturated carbocycles. The van der Waals surface area contributed by atoms with E-state index in [2.05, 4.69) is 20.3 Å². The zero-order valence-corrected chi connectivity index (χ0v) is 25.8. The smallest absolute Gasteiger partial charge is 0.388 e. The van der Waals surface area contributed by atoms with Gasteiger partial charge in [0.05, 0.1) is 41.5 Å². The van der Waals surface area contributed by atoms with Crippen LogP contribution in [0.4, 0.5) is 26.3 Å². The van der Waals surface area contributed by atoms with Crippen molar-refractivity contribution in [3.05, 3.63) is 113 Å². The number of hydrogen-bond acceptors (Lipinski definition) is 6. The fourth-order valence-electron chi connectivity index (χ4n) is 7.17. The third-order valence-electron chi connectivity index (χ3n) is 9.06. The molecule has 3 aromatic carbocycles. The molecule has 1 N–H and O–H groups in total. The van der Waals surface area contributed by atoms with Crippen molar-refractivity contribution in [3.63, 3.8) is 0 Å². The molecular weight excluding hydrogens is 624 g/mol. The van der Waals surface area contributed by atoms with E-state index in [0.29, 0.717) is 31.6 Å². The molecule has 2 fully saturated rings. The molecule has 0 amide bonds. The van der Waals surface area contributed by atoms with Crippen molar-refractivity contribution in [1.29, 1.82) is 0 Å². The summed E-state index contributed by atoms with van der Waals surface area (Å²) >= 11 is 0. The fourth-order valence-corrected chi connectivity index (χ4v) is 7.17. The third-order valence-corrected chi connectivity index (χ3v) is 9.06. The number of tetrazole rings is 1. The summed E-state index contributed by atoms with van der Waals surface area (Å²) in [5.41, 5.74) is -2.90. The Kier molecular flexibility index (Phi) is 8.69. The van der Waals surface area contributed by atoms with Crippen LogP contribution >= 0.6 is 0 Å². The van der Waals surface area contributed by atoms with Gasteiger partial charge in [0.15, 0.2) is 5.82 Å². The predicted molar refractivity (Wildman–Crippen MR) is 160 cm³/mol. The summed E-state index contributed by atoms with van der Waals surface area (Å²) in [6, 6.07) is 21.0. The lowest BCUT2D eigenvalue weighted by Crippen LogP contribution is -2.56. The van der Waals surface area contributed by atoms with Crippen LogP contribution in [0.2, 0.25) is 0 Å². The number of fused-ring (bicyclic) bond motifs is 2. The first-order chi connectivity index (χ1) is 22.1. The van der Waals surface area contributed by atoms with Gasteiger partial charge in [-0.3, -0.25) is 4.90 Å². The van der Waals surface area contributed by atoms with Crippen molar-refractivity contribution in [2.75, 3.05) is 0 Å². The first-order valence-corrected chi connectivity index (χ1v) is 15.4. The minimum Gasteiger partial charge on any atom is -0.388 e. The summed E-state index contributed by atoms with van der Waals surface area (Å²) in [7, 11) is 0. The Morgan fingerprint density at radius 3 is 2.06 bits per heavy atom. The van der Waals surface area contributed by atoms with Gasteiger partial charge in [-0.1, -0.05) is 60.7 Å². The first kappa shape index (κ1) is 33.1. The number of hydrogen-bond donors (Lipinski definition) is 1. The lowest BCUT2D eigenvalue weighted by molar-refractivity contribution is -0.143. The van der Waals surface area contributed by atoms with E-state index in [1.54, 1.807) is 13.8 Å². The molecule has 7 nitrogen and oxygen atoms in total. The minimum absolute atomic E-state index is 0.0690. The van der Waals surface area contributed by atoms with Crippen LogP contribution in [0.15, 0.2) is 78.9 Å². The Balaban J connectivity index is 1.40. The maximum Gasteiger partial charge on any atom is 0.416 e. The average molecular weight is 660 g/mol. The molecule has 2 aliphatic rings. The molecule has 250 valence electrons. The molecule has 4 atom stereocenters. The van der Waals surface area contributed by atoms with Gasteiger partial charge in [-0.25, -0.2) is 0 Å². The lowest BCUT2D eigenvalue weighted by atomic mass is 9.78.